The zero-order chi connectivity index (χ0) is 27.0. The van der Waals surface area contributed by atoms with Crippen LogP contribution >= 0.6 is 0 Å². The molecule has 0 atom stereocenters. The van der Waals surface area contributed by atoms with Crippen molar-refractivity contribution in [2.75, 3.05) is 0 Å². The van der Waals surface area contributed by atoms with Gasteiger partial charge in [-0.05, 0) is 48.9 Å². The first-order valence-corrected chi connectivity index (χ1v) is 11.3. The van der Waals surface area contributed by atoms with Gasteiger partial charge in [-0.1, -0.05) is 6.07 Å². The third kappa shape index (κ3) is 4.39. The van der Waals surface area contributed by atoms with E-state index in [2.05, 4.69) is 15.1 Å². The van der Waals surface area contributed by atoms with Crippen LogP contribution in [0.25, 0.3) is 22.6 Å². The molecule has 3 heterocycles. The Balaban J connectivity index is 1.84. The first-order valence-electron chi connectivity index (χ1n) is 11.3. The molecule has 0 amide bonds. The van der Waals surface area contributed by atoms with Crippen LogP contribution in [0.4, 0.5) is 14.5 Å². The average Bonchev–Trinajstić information content (AvgIpc) is 3.41. The van der Waals surface area contributed by atoms with Crippen LogP contribution in [0, 0.1) is 28.7 Å². The average molecular weight is 516 g/mol. The van der Waals surface area contributed by atoms with Gasteiger partial charge in [-0.2, -0.15) is 5.10 Å². The number of hydrogen-bond acceptors (Lipinski definition) is 6. The fourth-order valence-electron chi connectivity index (χ4n) is 4.33. The van der Waals surface area contributed by atoms with Gasteiger partial charge in [0.25, 0.3) is 11.2 Å². The summed E-state index contributed by atoms with van der Waals surface area (Å²) < 4.78 is 31.8. The highest BCUT2D eigenvalue weighted by Gasteiger charge is 2.29. The van der Waals surface area contributed by atoms with Gasteiger partial charge in [-0.15, -0.1) is 0 Å². The van der Waals surface area contributed by atoms with Crippen molar-refractivity contribution in [2.24, 2.45) is 0 Å². The minimum Gasteiger partial charge on any atom is -0.274 e. The largest absolute Gasteiger partial charge is 0.332 e. The molecule has 2 aromatic carbocycles. The molecule has 0 radical (unpaired) electrons. The van der Waals surface area contributed by atoms with Crippen LogP contribution < -0.4 is 11.2 Å². The summed E-state index contributed by atoms with van der Waals surface area (Å²) in [6.07, 6.45) is 5.53. The third-order valence-electron chi connectivity index (χ3n) is 5.99. The lowest BCUT2D eigenvalue weighted by Crippen LogP contribution is -2.29. The number of pyridine rings is 1. The lowest BCUT2D eigenvalue weighted by Gasteiger charge is -2.19. The highest BCUT2D eigenvalue weighted by molar-refractivity contribution is 5.83. The fraction of sp³-hybridized carbons (Fsp3) is 0.0769. The summed E-state index contributed by atoms with van der Waals surface area (Å²) in [7, 11) is 0. The molecule has 0 fully saturated rings. The van der Waals surface area contributed by atoms with Gasteiger partial charge in [0.05, 0.1) is 28.2 Å². The first kappa shape index (κ1) is 24.4. The van der Waals surface area contributed by atoms with Crippen LogP contribution in [0.3, 0.4) is 0 Å². The minimum absolute atomic E-state index is 0.0365. The molecule has 0 unspecified atom stereocenters. The monoisotopic (exact) mass is 516 g/mol. The van der Waals surface area contributed by atoms with E-state index in [1.807, 2.05) is 0 Å². The summed E-state index contributed by atoms with van der Waals surface area (Å²) >= 11 is 0. The maximum atomic E-state index is 14.6. The van der Waals surface area contributed by atoms with Crippen molar-refractivity contribution in [3.05, 3.63) is 133 Å². The van der Waals surface area contributed by atoms with E-state index in [0.717, 1.165) is 29.0 Å². The molecule has 190 valence electrons. The standard InChI is InChI=1S/C26H18F2N6O4/c1-15-12-16(13-18-19(27)4-2-5-20(18)28)25(32-11-8-22(35)31-26(32)36)23(24(15)34(37)38)21-7-6-17(14-29-21)33-10-3-9-30-33/h2-12,14H,13H2,1H3,(H,31,35,36). The zero-order valence-electron chi connectivity index (χ0n) is 19.8. The summed E-state index contributed by atoms with van der Waals surface area (Å²) in [5.74, 6) is -1.63. The van der Waals surface area contributed by atoms with Crippen molar-refractivity contribution in [3.63, 3.8) is 0 Å². The van der Waals surface area contributed by atoms with E-state index >= 15 is 0 Å². The van der Waals surface area contributed by atoms with E-state index in [4.69, 9.17) is 0 Å². The molecule has 12 heteroatoms. The molecule has 0 bridgehead atoms. The number of benzene rings is 2. The maximum Gasteiger partial charge on any atom is 0.332 e. The Kier molecular flexibility index (Phi) is 6.21. The van der Waals surface area contributed by atoms with Gasteiger partial charge in [0.1, 0.15) is 17.2 Å². The van der Waals surface area contributed by atoms with Crippen molar-refractivity contribution in [1.29, 1.82) is 0 Å². The Bertz CT molecular complexity index is 1770. The van der Waals surface area contributed by atoms with Crippen LogP contribution in [0.2, 0.25) is 0 Å². The van der Waals surface area contributed by atoms with Crippen molar-refractivity contribution in [2.45, 2.75) is 13.3 Å². The molecule has 0 aliphatic carbocycles. The summed E-state index contributed by atoms with van der Waals surface area (Å²) in [5, 5.41) is 16.4. The number of aryl methyl sites for hydroxylation is 1. The van der Waals surface area contributed by atoms with E-state index in [1.165, 1.54) is 31.3 Å². The summed E-state index contributed by atoms with van der Waals surface area (Å²) in [4.78, 5) is 42.9. The Morgan fingerprint density at radius 1 is 1.05 bits per heavy atom. The Hall–Kier alpha value is -5.26. The second-order valence-corrected chi connectivity index (χ2v) is 8.39. The molecule has 10 nitrogen and oxygen atoms in total. The van der Waals surface area contributed by atoms with Crippen molar-refractivity contribution in [3.8, 4) is 22.6 Å². The number of nitro benzene ring substituents is 1. The summed E-state index contributed by atoms with van der Waals surface area (Å²) in [6.45, 7) is 1.49. The molecule has 5 rings (SSSR count). The topological polar surface area (TPSA) is 129 Å². The normalized spacial score (nSPS) is 11.0. The van der Waals surface area contributed by atoms with Crippen LogP contribution in [-0.4, -0.2) is 29.2 Å². The summed E-state index contributed by atoms with van der Waals surface area (Å²) in [5.41, 5.74) is -1.20. The van der Waals surface area contributed by atoms with E-state index in [-0.39, 0.29) is 45.7 Å². The second-order valence-electron chi connectivity index (χ2n) is 8.39. The van der Waals surface area contributed by atoms with E-state index < -0.39 is 27.8 Å². The number of aromatic amines is 1. The SMILES string of the molecule is Cc1cc(Cc2c(F)cccc2F)c(-n2ccc(=O)[nH]c2=O)c(-c2ccc(-n3cccn3)cn2)c1[N+](=O)[O-]. The molecule has 0 saturated heterocycles. The predicted octanol–water partition coefficient (Wildman–Crippen LogP) is 3.86. The number of halogens is 2. The predicted molar refractivity (Wildman–Crippen MR) is 134 cm³/mol. The number of nitro groups is 1. The Morgan fingerprint density at radius 2 is 1.82 bits per heavy atom. The number of H-pyrrole nitrogens is 1. The molecule has 0 saturated carbocycles. The zero-order valence-corrected chi connectivity index (χ0v) is 19.8. The number of rotatable bonds is 6. The number of nitrogens with zero attached hydrogens (tertiary/aromatic N) is 5. The van der Waals surface area contributed by atoms with Gasteiger partial charge in [-0.25, -0.2) is 18.3 Å². The van der Waals surface area contributed by atoms with Crippen LogP contribution in [0.1, 0.15) is 16.7 Å². The van der Waals surface area contributed by atoms with Crippen LogP contribution in [0.15, 0.2) is 82.9 Å². The lowest BCUT2D eigenvalue weighted by molar-refractivity contribution is -0.384. The van der Waals surface area contributed by atoms with E-state index in [1.54, 1.807) is 29.2 Å². The number of hydrogen-bond donors (Lipinski definition) is 1. The third-order valence-corrected chi connectivity index (χ3v) is 5.99. The van der Waals surface area contributed by atoms with Crippen LogP contribution in [-0.2, 0) is 6.42 Å². The molecule has 0 aliphatic heterocycles. The van der Waals surface area contributed by atoms with E-state index in [9.17, 15) is 28.5 Å². The van der Waals surface area contributed by atoms with Crippen molar-refractivity contribution >= 4 is 5.69 Å². The quantitative estimate of drug-likeness (QED) is 0.270. The van der Waals surface area contributed by atoms with Gasteiger partial charge in [-0.3, -0.25) is 29.4 Å². The smallest absolute Gasteiger partial charge is 0.274 e. The van der Waals surface area contributed by atoms with Gasteiger partial charge < -0.3 is 0 Å². The van der Waals surface area contributed by atoms with Crippen molar-refractivity contribution in [1.82, 2.24) is 24.3 Å². The first-order chi connectivity index (χ1) is 18.2. The van der Waals surface area contributed by atoms with Gasteiger partial charge in [0.2, 0.25) is 0 Å². The fourth-order valence-corrected chi connectivity index (χ4v) is 4.33. The Labute approximate surface area is 212 Å². The highest BCUT2D eigenvalue weighted by Crippen LogP contribution is 2.40. The number of nitrogens with one attached hydrogen (secondary N) is 1. The van der Waals surface area contributed by atoms with Crippen molar-refractivity contribution < 1.29 is 13.7 Å². The second kappa shape index (κ2) is 9.65. The van der Waals surface area contributed by atoms with Gasteiger partial charge in [0, 0.05) is 42.2 Å². The molecule has 0 spiro atoms. The molecule has 3 aromatic heterocycles. The lowest BCUT2D eigenvalue weighted by atomic mass is 9.93. The van der Waals surface area contributed by atoms with Gasteiger partial charge >= 0.3 is 5.69 Å². The number of aromatic nitrogens is 5. The molecule has 0 aliphatic rings. The van der Waals surface area contributed by atoms with Gasteiger partial charge in [0.15, 0.2) is 0 Å². The maximum absolute atomic E-state index is 14.6. The highest BCUT2D eigenvalue weighted by atomic mass is 19.1. The van der Waals surface area contributed by atoms with Crippen LogP contribution in [0.5, 0.6) is 0 Å². The summed E-state index contributed by atoms with van der Waals surface area (Å²) in [6, 6.07) is 10.8. The molecular formula is C26H18F2N6O4. The minimum atomic E-state index is -0.889. The Morgan fingerprint density at radius 3 is 2.42 bits per heavy atom. The molecule has 38 heavy (non-hydrogen) atoms. The van der Waals surface area contributed by atoms with E-state index in [0.29, 0.717) is 5.69 Å². The molecule has 5 aromatic rings. The molecule has 1 N–H and O–H groups in total. The molecular weight excluding hydrogens is 498 g/mol.